The maximum atomic E-state index is 12.7. The van der Waals surface area contributed by atoms with Crippen molar-refractivity contribution in [1.29, 1.82) is 0 Å². The largest absolute Gasteiger partial charge is 0.465 e. The molecule has 132 valence electrons. The lowest BCUT2D eigenvalue weighted by Crippen LogP contribution is -2.19. The highest BCUT2D eigenvalue weighted by Crippen LogP contribution is 2.25. The van der Waals surface area contributed by atoms with Crippen LogP contribution >= 0.6 is 15.9 Å². The highest BCUT2D eigenvalue weighted by molar-refractivity contribution is 9.10. The van der Waals surface area contributed by atoms with Crippen molar-refractivity contribution in [2.75, 3.05) is 18.9 Å². The van der Waals surface area contributed by atoms with Crippen molar-refractivity contribution in [3.8, 4) is 0 Å². The van der Waals surface area contributed by atoms with Crippen LogP contribution in [0.3, 0.4) is 0 Å². The molecule has 2 aromatic rings. The lowest BCUT2D eigenvalue weighted by molar-refractivity contribution is 0.0589. The summed E-state index contributed by atoms with van der Waals surface area (Å²) in [5.41, 5.74) is -0.0571. The third-order valence-corrected chi connectivity index (χ3v) is 5.13. The first-order chi connectivity index (χ1) is 11.8. The van der Waals surface area contributed by atoms with Gasteiger partial charge in [0, 0.05) is 4.47 Å². The standard InChI is InChI=1S/C16H14BrNO6S/c1-23-15(19)11-5-3-4-6-13(11)18-25(21,22)14-8-7-10(17)9-12(14)16(20)24-2/h3-9,18H,1-2H3. The second kappa shape index (κ2) is 7.66. The Morgan fingerprint density at radius 1 is 0.960 bits per heavy atom. The summed E-state index contributed by atoms with van der Waals surface area (Å²) in [7, 11) is -1.81. The number of methoxy groups -OCH3 is 2. The highest BCUT2D eigenvalue weighted by Gasteiger charge is 2.25. The molecule has 0 radical (unpaired) electrons. The van der Waals surface area contributed by atoms with Crippen LogP contribution in [0, 0.1) is 0 Å². The zero-order valence-electron chi connectivity index (χ0n) is 13.3. The van der Waals surface area contributed by atoms with Gasteiger partial charge in [-0.1, -0.05) is 28.1 Å². The summed E-state index contributed by atoms with van der Waals surface area (Å²) in [4.78, 5) is 23.4. The molecule has 0 spiro atoms. The summed E-state index contributed by atoms with van der Waals surface area (Å²) in [5, 5.41) is 0. The molecule has 2 rings (SSSR count). The van der Waals surface area contributed by atoms with Crippen molar-refractivity contribution in [3.05, 3.63) is 58.1 Å². The third kappa shape index (κ3) is 4.18. The van der Waals surface area contributed by atoms with Crippen LogP contribution in [0.2, 0.25) is 0 Å². The first-order valence-electron chi connectivity index (χ1n) is 6.88. The molecule has 0 bridgehead atoms. The van der Waals surface area contributed by atoms with E-state index >= 15 is 0 Å². The predicted octanol–water partition coefficient (Wildman–Crippen LogP) is 2.82. The van der Waals surface area contributed by atoms with Crippen LogP contribution in [-0.4, -0.2) is 34.6 Å². The fourth-order valence-electron chi connectivity index (χ4n) is 2.07. The summed E-state index contributed by atoms with van der Waals surface area (Å²) < 4.78 is 37.6. The normalized spacial score (nSPS) is 10.8. The van der Waals surface area contributed by atoms with E-state index in [0.717, 1.165) is 7.11 Å². The van der Waals surface area contributed by atoms with Gasteiger partial charge in [0.25, 0.3) is 10.0 Å². The molecule has 7 nitrogen and oxygen atoms in total. The molecule has 0 aliphatic heterocycles. The van der Waals surface area contributed by atoms with E-state index in [9.17, 15) is 18.0 Å². The lowest BCUT2D eigenvalue weighted by Gasteiger charge is -2.13. The molecule has 0 aromatic heterocycles. The first-order valence-corrected chi connectivity index (χ1v) is 9.16. The number of carbonyl (C=O) groups excluding carboxylic acids is 2. The Kier molecular flexibility index (Phi) is 5.81. The average Bonchev–Trinajstić information content (AvgIpc) is 2.60. The summed E-state index contributed by atoms with van der Waals surface area (Å²) in [6.07, 6.45) is 0. The lowest BCUT2D eigenvalue weighted by atomic mass is 10.2. The number of anilines is 1. The van der Waals surface area contributed by atoms with Gasteiger partial charge in [0.15, 0.2) is 0 Å². The van der Waals surface area contributed by atoms with Gasteiger partial charge in [-0.05, 0) is 30.3 Å². The van der Waals surface area contributed by atoms with Crippen LogP contribution < -0.4 is 4.72 Å². The van der Waals surface area contributed by atoms with Crippen LogP contribution in [0.25, 0.3) is 0 Å². The minimum absolute atomic E-state index is 0.0353. The quantitative estimate of drug-likeness (QED) is 0.736. The van der Waals surface area contributed by atoms with E-state index < -0.39 is 22.0 Å². The van der Waals surface area contributed by atoms with E-state index in [1.54, 1.807) is 12.1 Å². The summed E-state index contributed by atoms with van der Waals surface area (Å²) in [6.45, 7) is 0. The van der Waals surface area contributed by atoms with Gasteiger partial charge in [-0.15, -0.1) is 0 Å². The van der Waals surface area contributed by atoms with Crippen molar-refractivity contribution in [1.82, 2.24) is 0 Å². The molecule has 9 heteroatoms. The Balaban J connectivity index is 2.52. The van der Waals surface area contributed by atoms with Crippen LogP contribution in [0.4, 0.5) is 5.69 Å². The zero-order valence-corrected chi connectivity index (χ0v) is 15.7. The zero-order chi connectivity index (χ0) is 18.6. The number of nitrogens with one attached hydrogen (secondary N) is 1. The van der Waals surface area contributed by atoms with Gasteiger partial charge in [0.1, 0.15) is 4.90 Å². The van der Waals surface area contributed by atoms with Crippen LogP contribution in [0.1, 0.15) is 20.7 Å². The van der Waals surface area contributed by atoms with Gasteiger partial charge < -0.3 is 9.47 Å². The smallest absolute Gasteiger partial charge is 0.339 e. The molecule has 0 atom stereocenters. The number of hydrogen-bond acceptors (Lipinski definition) is 6. The van der Waals surface area contributed by atoms with E-state index in [1.807, 2.05) is 0 Å². The molecular weight excluding hydrogens is 414 g/mol. The molecule has 25 heavy (non-hydrogen) atoms. The summed E-state index contributed by atoms with van der Waals surface area (Å²) in [6, 6.07) is 10.1. The molecule has 0 saturated heterocycles. The third-order valence-electron chi connectivity index (χ3n) is 3.21. The van der Waals surface area contributed by atoms with Gasteiger partial charge in [0.05, 0.1) is 31.0 Å². The Morgan fingerprint density at radius 3 is 2.20 bits per heavy atom. The molecule has 0 unspecified atom stereocenters. The van der Waals surface area contributed by atoms with Gasteiger partial charge in [-0.25, -0.2) is 18.0 Å². The minimum Gasteiger partial charge on any atom is -0.465 e. The summed E-state index contributed by atoms with van der Waals surface area (Å²) in [5.74, 6) is -1.50. The second-order valence-electron chi connectivity index (χ2n) is 4.77. The van der Waals surface area contributed by atoms with Crippen molar-refractivity contribution < 1.29 is 27.5 Å². The van der Waals surface area contributed by atoms with Crippen molar-refractivity contribution >= 4 is 43.6 Å². The Labute approximate surface area is 153 Å². The molecule has 0 aliphatic rings. The molecule has 2 aromatic carbocycles. The van der Waals surface area contributed by atoms with Crippen molar-refractivity contribution in [2.45, 2.75) is 4.90 Å². The molecule has 0 heterocycles. The van der Waals surface area contributed by atoms with E-state index in [4.69, 9.17) is 0 Å². The van der Waals surface area contributed by atoms with Crippen LogP contribution in [-0.2, 0) is 19.5 Å². The molecule has 0 amide bonds. The number of esters is 2. The SMILES string of the molecule is COC(=O)c1ccccc1NS(=O)(=O)c1ccc(Br)cc1C(=O)OC. The minimum atomic E-state index is -4.16. The number of sulfonamides is 1. The van der Waals surface area contributed by atoms with Gasteiger partial charge in [-0.3, -0.25) is 4.72 Å². The number of carbonyl (C=O) groups is 2. The number of rotatable bonds is 5. The summed E-state index contributed by atoms with van der Waals surface area (Å²) >= 11 is 3.18. The van der Waals surface area contributed by atoms with E-state index in [-0.39, 0.29) is 21.7 Å². The van der Waals surface area contributed by atoms with E-state index in [0.29, 0.717) is 4.47 Å². The van der Waals surface area contributed by atoms with E-state index in [2.05, 4.69) is 30.1 Å². The van der Waals surface area contributed by atoms with E-state index in [1.165, 1.54) is 37.4 Å². The molecular formula is C16H14BrNO6S. The Bertz CT molecular complexity index is 926. The first kappa shape index (κ1) is 18.9. The average molecular weight is 428 g/mol. The van der Waals surface area contributed by atoms with Gasteiger partial charge in [-0.2, -0.15) is 0 Å². The molecule has 0 aliphatic carbocycles. The van der Waals surface area contributed by atoms with Gasteiger partial charge >= 0.3 is 11.9 Å². The van der Waals surface area contributed by atoms with Crippen molar-refractivity contribution in [2.24, 2.45) is 0 Å². The Morgan fingerprint density at radius 2 is 1.56 bits per heavy atom. The van der Waals surface area contributed by atoms with Crippen molar-refractivity contribution in [3.63, 3.8) is 0 Å². The van der Waals surface area contributed by atoms with Gasteiger partial charge in [0.2, 0.25) is 0 Å². The monoisotopic (exact) mass is 427 g/mol. The molecule has 0 saturated carbocycles. The number of hydrogen-bond donors (Lipinski definition) is 1. The fourth-order valence-corrected chi connectivity index (χ4v) is 3.68. The second-order valence-corrected chi connectivity index (χ2v) is 7.34. The van der Waals surface area contributed by atoms with Crippen LogP contribution in [0.15, 0.2) is 51.8 Å². The topological polar surface area (TPSA) is 98.8 Å². The number of ether oxygens (including phenoxy) is 2. The number of para-hydroxylation sites is 1. The number of benzene rings is 2. The highest BCUT2D eigenvalue weighted by atomic mass is 79.9. The number of halogens is 1. The fraction of sp³-hybridized carbons (Fsp3) is 0.125. The molecule has 1 N–H and O–H groups in total. The predicted molar refractivity (Wildman–Crippen MR) is 94.1 cm³/mol. The Hall–Kier alpha value is -2.39. The maximum absolute atomic E-state index is 12.7. The molecule has 0 fully saturated rings. The maximum Gasteiger partial charge on any atom is 0.339 e. The van der Waals surface area contributed by atoms with Crippen LogP contribution in [0.5, 0.6) is 0 Å².